The van der Waals surface area contributed by atoms with Crippen LogP contribution in [0.15, 0.2) is 18.2 Å². The average Bonchev–Trinajstić information content (AvgIpc) is 2.74. The summed E-state index contributed by atoms with van der Waals surface area (Å²) in [6.07, 6.45) is 2.28. The van der Waals surface area contributed by atoms with Crippen molar-refractivity contribution in [2.45, 2.75) is 39.7 Å². The first kappa shape index (κ1) is 13.7. The number of fused-ring (bicyclic) bond motifs is 1. The van der Waals surface area contributed by atoms with Gasteiger partial charge in [0, 0.05) is 12.1 Å². The quantitative estimate of drug-likeness (QED) is 0.894. The smallest absolute Gasteiger partial charge is 0.201 e. The topological polar surface area (TPSA) is 53.1 Å². The summed E-state index contributed by atoms with van der Waals surface area (Å²) in [6.45, 7) is 6.66. The van der Waals surface area contributed by atoms with E-state index in [0.29, 0.717) is 17.9 Å². The molecule has 19 heavy (non-hydrogen) atoms. The Morgan fingerprint density at radius 2 is 2.00 bits per heavy atom. The zero-order chi connectivity index (χ0) is 14.0. The van der Waals surface area contributed by atoms with Crippen LogP contribution >= 0.6 is 0 Å². The highest BCUT2D eigenvalue weighted by Gasteiger charge is 2.20. The van der Waals surface area contributed by atoms with Gasteiger partial charge >= 0.3 is 0 Å². The molecule has 0 aliphatic rings. The number of nitrogens with two attached hydrogens (primary N) is 1. The number of benzene rings is 1. The number of aromatic nitrogens is 2. The van der Waals surface area contributed by atoms with Crippen LogP contribution in [-0.4, -0.2) is 16.7 Å². The highest BCUT2D eigenvalue weighted by Crippen LogP contribution is 2.32. The van der Waals surface area contributed by atoms with Gasteiger partial charge in [-0.05, 0) is 25.0 Å². The fourth-order valence-electron chi connectivity index (χ4n) is 2.83. The maximum Gasteiger partial charge on any atom is 0.201 e. The summed E-state index contributed by atoms with van der Waals surface area (Å²) < 4.78 is 7.43. The first-order valence-corrected chi connectivity index (χ1v) is 6.93. The summed E-state index contributed by atoms with van der Waals surface area (Å²) in [5, 5.41) is 0. The van der Waals surface area contributed by atoms with Gasteiger partial charge in [-0.3, -0.25) is 0 Å². The van der Waals surface area contributed by atoms with E-state index >= 15 is 0 Å². The van der Waals surface area contributed by atoms with Gasteiger partial charge in [-0.25, -0.2) is 4.98 Å². The molecule has 0 fully saturated rings. The van der Waals surface area contributed by atoms with E-state index in [4.69, 9.17) is 10.5 Å². The number of nitrogen functional groups attached to an aromatic ring is 1. The van der Waals surface area contributed by atoms with E-state index in [0.717, 1.165) is 29.6 Å². The van der Waals surface area contributed by atoms with E-state index < -0.39 is 0 Å². The van der Waals surface area contributed by atoms with Gasteiger partial charge in [-0.2, -0.15) is 0 Å². The molecule has 0 bridgehead atoms. The lowest BCUT2D eigenvalue weighted by atomic mass is 9.95. The predicted octanol–water partition coefficient (Wildman–Crippen LogP) is 3.62. The third-order valence-corrected chi connectivity index (χ3v) is 4.06. The largest absolute Gasteiger partial charge is 0.497 e. The van der Waals surface area contributed by atoms with Gasteiger partial charge in [0.25, 0.3) is 0 Å². The molecule has 1 atom stereocenters. The molecule has 0 aliphatic carbocycles. The molecule has 0 saturated heterocycles. The van der Waals surface area contributed by atoms with Crippen molar-refractivity contribution in [1.29, 1.82) is 0 Å². The maximum atomic E-state index is 6.10. The number of methoxy groups -OCH3 is 1. The third-order valence-electron chi connectivity index (χ3n) is 4.06. The zero-order valence-corrected chi connectivity index (χ0v) is 12.2. The molecule has 0 amide bonds. The molecular weight excluding hydrogens is 238 g/mol. The second-order valence-electron chi connectivity index (χ2n) is 5.01. The van der Waals surface area contributed by atoms with E-state index in [1.54, 1.807) is 7.11 Å². The zero-order valence-electron chi connectivity index (χ0n) is 12.2. The molecule has 1 aromatic heterocycles. The van der Waals surface area contributed by atoms with Crippen molar-refractivity contribution in [3.8, 4) is 5.75 Å². The molecule has 1 heterocycles. The molecule has 0 aliphatic heterocycles. The fraction of sp³-hybridized carbons (Fsp3) is 0.533. The Kier molecular flexibility index (Phi) is 3.98. The molecule has 2 rings (SSSR count). The first-order chi connectivity index (χ1) is 9.12. The Morgan fingerprint density at radius 1 is 1.32 bits per heavy atom. The van der Waals surface area contributed by atoms with Crippen LogP contribution in [0.2, 0.25) is 0 Å². The predicted molar refractivity (Wildman–Crippen MR) is 79.5 cm³/mol. The molecule has 1 unspecified atom stereocenters. The summed E-state index contributed by atoms with van der Waals surface area (Å²) in [6, 6.07) is 6.23. The Balaban J connectivity index is 2.54. The first-order valence-electron chi connectivity index (χ1n) is 6.93. The van der Waals surface area contributed by atoms with Crippen LogP contribution in [0, 0.1) is 5.92 Å². The van der Waals surface area contributed by atoms with Crippen LogP contribution in [-0.2, 0) is 0 Å². The van der Waals surface area contributed by atoms with E-state index in [9.17, 15) is 0 Å². The van der Waals surface area contributed by atoms with Gasteiger partial charge in [0.05, 0.1) is 18.1 Å². The number of imidazole rings is 1. The number of hydrogen-bond donors (Lipinski definition) is 1. The van der Waals surface area contributed by atoms with Crippen LogP contribution in [0.3, 0.4) is 0 Å². The maximum absolute atomic E-state index is 6.10. The SMILES string of the molecule is CCC(CC)C(C)n1c(N)nc2ccc(OC)cc21. The molecule has 2 N–H and O–H groups in total. The summed E-state index contributed by atoms with van der Waals surface area (Å²) in [7, 11) is 1.68. The van der Waals surface area contributed by atoms with Crippen LogP contribution in [0.5, 0.6) is 5.75 Å². The molecule has 2 aromatic rings. The molecule has 0 radical (unpaired) electrons. The van der Waals surface area contributed by atoms with Crippen molar-refractivity contribution >= 4 is 17.0 Å². The summed E-state index contributed by atoms with van der Waals surface area (Å²) in [4.78, 5) is 4.45. The molecule has 4 heteroatoms. The standard InChI is InChI=1S/C15H23N3O/c1-5-11(6-2)10(3)18-14-9-12(19-4)7-8-13(14)17-15(18)16/h7-11H,5-6H2,1-4H3,(H2,16,17). The summed E-state index contributed by atoms with van der Waals surface area (Å²) in [5.74, 6) is 2.03. The molecule has 4 nitrogen and oxygen atoms in total. The molecule has 0 spiro atoms. The minimum absolute atomic E-state index is 0.340. The molecule has 1 aromatic carbocycles. The van der Waals surface area contributed by atoms with Crippen LogP contribution in [0.4, 0.5) is 5.95 Å². The van der Waals surface area contributed by atoms with Gasteiger partial charge in [0.15, 0.2) is 0 Å². The lowest BCUT2D eigenvalue weighted by molar-refractivity contribution is 0.342. The normalized spacial score (nSPS) is 13.1. The Bertz CT molecular complexity index is 558. The minimum Gasteiger partial charge on any atom is -0.497 e. The molecule has 0 saturated carbocycles. The van der Waals surface area contributed by atoms with Crippen LogP contribution < -0.4 is 10.5 Å². The van der Waals surface area contributed by atoms with E-state index in [-0.39, 0.29) is 0 Å². The Hall–Kier alpha value is -1.71. The van der Waals surface area contributed by atoms with Crippen molar-refractivity contribution in [2.75, 3.05) is 12.8 Å². The number of hydrogen-bond acceptors (Lipinski definition) is 3. The van der Waals surface area contributed by atoms with Crippen LogP contribution in [0.25, 0.3) is 11.0 Å². The van der Waals surface area contributed by atoms with Crippen molar-refractivity contribution in [3.63, 3.8) is 0 Å². The van der Waals surface area contributed by atoms with Crippen molar-refractivity contribution in [1.82, 2.24) is 9.55 Å². The van der Waals surface area contributed by atoms with Crippen LogP contribution in [0.1, 0.15) is 39.7 Å². The van der Waals surface area contributed by atoms with Gasteiger partial charge in [-0.1, -0.05) is 26.7 Å². The van der Waals surface area contributed by atoms with Gasteiger partial charge < -0.3 is 15.0 Å². The number of anilines is 1. The van der Waals surface area contributed by atoms with Crippen molar-refractivity contribution in [2.24, 2.45) is 5.92 Å². The fourth-order valence-corrected chi connectivity index (χ4v) is 2.83. The Morgan fingerprint density at radius 3 is 2.58 bits per heavy atom. The third kappa shape index (κ3) is 2.39. The average molecular weight is 261 g/mol. The summed E-state index contributed by atoms with van der Waals surface area (Å²) in [5.41, 5.74) is 8.08. The highest BCUT2D eigenvalue weighted by molar-refractivity contribution is 5.80. The number of ether oxygens (including phenoxy) is 1. The van der Waals surface area contributed by atoms with Crippen molar-refractivity contribution < 1.29 is 4.74 Å². The molecule has 104 valence electrons. The second kappa shape index (κ2) is 5.51. The summed E-state index contributed by atoms with van der Waals surface area (Å²) >= 11 is 0. The van der Waals surface area contributed by atoms with Gasteiger partial charge in [0.1, 0.15) is 5.75 Å². The lowest BCUT2D eigenvalue weighted by Gasteiger charge is -2.24. The lowest BCUT2D eigenvalue weighted by Crippen LogP contribution is -2.17. The highest BCUT2D eigenvalue weighted by atomic mass is 16.5. The monoisotopic (exact) mass is 261 g/mol. The second-order valence-corrected chi connectivity index (χ2v) is 5.01. The van der Waals surface area contributed by atoms with E-state index in [1.165, 1.54) is 0 Å². The van der Waals surface area contributed by atoms with E-state index in [2.05, 4.69) is 30.3 Å². The van der Waals surface area contributed by atoms with Gasteiger partial charge in [0.2, 0.25) is 5.95 Å². The van der Waals surface area contributed by atoms with E-state index in [1.807, 2.05) is 18.2 Å². The number of nitrogens with zero attached hydrogens (tertiary/aromatic N) is 2. The number of rotatable bonds is 5. The Labute approximate surface area is 114 Å². The van der Waals surface area contributed by atoms with Crippen molar-refractivity contribution in [3.05, 3.63) is 18.2 Å². The minimum atomic E-state index is 0.340. The van der Waals surface area contributed by atoms with Gasteiger partial charge in [-0.15, -0.1) is 0 Å². The molecular formula is C15H23N3O.